The molecule has 2 heterocycles. The number of thioether (sulfide) groups is 1. The van der Waals surface area contributed by atoms with Crippen molar-refractivity contribution in [1.82, 2.24) is 19.7 Å². The largest absolute Gasteiger partial charge is 0.476 e. The van der Waals surface area contributed by atoms with Gasteiger partial charge in [-0.05, 0) is 64.0 Å². The molecule has 0 aliphatic rings. The highest BCUT2D eigenvalue weighted by Crippen LogP contribution is 2.30. The van der Waals surface area contributed by atoms with Gasteiger partial charge in [0.15, 0.2) is 5.52 Å². The summed E-state index contributed by atoms with van der Waals surface area (Å²) in [4.78, 5) is 20.3. The number of esters is 1. The van der Waals surface area contributed by atoms with Crippen molar-refractivity contribution in [1.29, 1.82) is 0 Å². The Hall–Kier alpha value is -2.35. The molecule has 218 valence electrons. The van der Waals surface area contributed by atoms with E-state index in [9.17, 15) is 4.79 Å². The van der Waals surface area contributed by atoms with Crippen molar-refractivity contribution in [2.45, 2.75) is 115 Å². The molecule has 0 spiro atoms. The first-order chi connectivity index (χ1) is 19.2. The average Bonchev–Trinajstić information content (AvgIpc) is 3.26. The van der Waals surface area contributed by atoms with E-state index in [2.05, 4.69) is 46.3 Å². The first-order valence-electron chi connectivity index (χ1n) is 15.1. The fourth-order valence-electron chi connectivity index (χ4n) is 4.26. The van der Waals surface area contributed by atoms with E-state index in [1.807, 2.05) is 14.0 Å². The van der Waals surface area contributed by atoms with E-state index in [0.717, 1.165) is 47.5 Å². The maximum atomic E-state index is 11.5. The number of rotatable bonds is 23. The highest BCUT2D eigenvalue weighted by molar-refractivity contribution is 7.99. The van der Waals surface area contributed by atoms with Gasteiger partial charge < -0.3 is 9.47 Å². The molecule has 2 aromatic heterocycles. The zero-order chi connectivity index (χ0) is 28.0. The van der Waals surface area contributed by atoms with Crippen LogP contribution in [-0.2, 0) is 16.6 Å². The summed E-state index contributed by atoms with van der Waals surface area (Å²) in [6, 6.07) is 0. The monoisotopic (exact) mass is 558 g/mol. The van der Waals surface area contributed by atoms with Gasteiger partial charge in [-0.1, -0.05) is 69.8 Å². The minimum Gasteiger partial charge on any atom is -0.476 e. The Labute approximate surface area is 240 Å². The molecule has 0 radical (unpaired) electrons. The maximum absolute atomic E-state index is 11.5. The summed E-state index contributed by atoms with van der Waals surface area (Å²) in [6.07, 6.45) is 27.8. The summed E-state index contributed by atoms with van der Waals surface area (Å²) in [7, 11) is 1.89. The van der Waals surface area contributed by atoms with Crippen LogP contribution in [0.4, 0.5) is 0 Å². The van der Waals surface area contributed by atoms with Gasteiger partial charge in [0.25, 0.3) is 0 Å². The van der Waals surface area contributed by atoms with Crippen LogP contribution >= 0.6 is 11.8 Å². The van der Waals surface area contributed by atoms with Gasteiger partial charge in [-0.3, -0.25) is 4.79 Å². The van der Waals surface area contributed by atoms with Gasteiger partial charge in [0.05, 0.1) is 13.2 Å². The topological polar surface area (TPSA) is 79.1 Å². The number of hydrogen-bond donors (Lipinski definition) is 0. The van der Waals surface area contributed by atoms with E-state index in [4.69, 9.17) is 9.47 Å². The summed E-state index contributed by atoms with van der Waals surface area (Å²) in [5.74, 6) is 1.45. The summed E-state index contributed by atoms with van der Waals surface area (Å²) in [6.45, 7) is 5.19. The Bertz CT molecular complexity index is 990. The van der Waals surface area contributed by atoms with Crippen LogP contribution in [0.3, 0.4) is 0 Å². The summed E-state index contributed by atoms with van der Waals surface area (Å²) < 4.78 is 12.8. The van der Waals surface area contributed by atoms with Gasteiger partial charge in [0.2, 0.25) is 5.88 Å². The molecule has 0 atom stereocenters. The van der Waals surface area contributed by atoms with Crippen molar-refractivity contribution < 1.29 is 14.3 Å². The smallest absolute Gasteiger partial charge is 0.305 e. The van der Waals surface area contributed by atoms with Crippen LogP contribution < -0.4 is 4.74 Å². The van der Waals surface area contributed by atoms with Crippen molar-refractivity contribution in [2.75, 3.05) is 19.0 Å². The molecule has 0 bridgehead atoms. The number of carbonyl (C=O) groups excluding carboxylic acids is 1. The molecule has 0 aliphatic carbocycles. The van der Waals surface area contributed by atoms with Crippen LogP contribution in [0.25, 0.3) is 11.0 Å². The molecule has 0 unspecified atom stereocenters. The molecule has 2 rings (SSSR count). The van der Waals surface area contributed by atoms with E-state index in [0.29, 0.717) is 25.5 Å². The standard InChI is InChI=1S/C31H50N4O3S/c1-4-6-7-8-9-10-11-12-13-14-15-16-17-18-19-21-24-38-31-29-28(34-35(31)3)30(33-26-32-29)39-25-22-20-23-27(36)37-5-2/h9-10,12-13,26H,4-8,11,14-25H2,1-3H3. The third kappa shape index (κ3) is 14.0. The van der Waals surface area contributed by atoms with E-state index >= 15 is 0 Å². The molecule has 0 N–H and O–H groups in total. The molecule has 0 saturated carbocycles. The van der Waals surface area contributed by atoms with Crippen molar-refractivity contribution in [3.8, 4) is 5.88 Å². The van der Waals surface area contributed by atoms with Crippen molar-refractivity contribution in [2.24, 2.45) is 7.05 Å². The minimum absolute atomic E-state index is 0.127. The van der Waals surface area contributed by atoms with Gasteiger partial charge >= 0.3 is 5.97 Å². The highest BCUT2D eigenvalue weighted by Gasteiger charge is 2.16. The fraction of sp³-hybridized carbons (Fsp3) is 0.677. The molecule has 0 saturated heterocycles. The van der Waals surface area contributed by atoms with E-state index < -0.39 is 0 Å². The number of aromatic nitrogens is 4. The van der Waals surface area contributed by atoms with Crippen molar-refractivity contribution in [3.05, 3.63) is 30.6 Å². The number of fused-ring (bicyclic) bond motifs is 1. The lowest BCUT2D eigenvalue weighted by molar-refractivity contribution is -0.143. The Morgan fingerprint density at radius 3 is 2.33 bits per heavy atom. The highest BCUT2D eigenvalue weighted by atomic mass is 32.2. The average molecular weight is 559 g/mol. The minimum atomic E-state index is -0.127. The van der Waals surface area contributed by atoms with Crippen LogP contribution in [0, 0.1) is 0 Å². The van der Waals surface area contributed by atoms with Crippen LogP contribution in [0.5, 0.6) is 5.88 Å². The molecular formula is C31H50N4O3S. The van der Waals surface area contributed by atoms with Gasteiger partial charge in [0.1, 0.15) is 16.9 Å². The Balaban J connectivity index is 1.57. The molecule has 0 amide bonds. The van der Waals surface area contributed by atoms with Crippen LogP contribution in [0.1, 0.15) is 110 Å². The molecule has 0 fully saturated rings. The fourth-order valence-corrected chi connectivity index (χ4v) is 5.20. The summed E-state index contributed by atoms with van der Waals surface area (Å²) in [5, 5.41) is 5.48. The number of hydrogen-bond acceptors (Lipinski definition) is 7. The first-order valence-corrected chi connectivity index (χ1v) is 16.0. The second kappa shape index (κ2) is 21.5. The first kappa shape index (κ1) is 32.9. The van der Waals surface area contributed by atoms with Gasteiger partial charge in [-0.2, -0.15) is 5.10 Å². The van der Waals surface area contributed by atoms with Crippen LogP contribution in [0.2, 0.25) is 0 Å². The molecule has 0 aromatic carbocycles. The predicted octanol–water partition coefficient (Wildman–Crippen LogP) is 8.38. The third-order valence-electron chi connectivity index (χ3n) is 6.44. The van der Waals surface area contributed by atoms with E-state index in [1.54, 1.807) is 22.8 Å². The Kier molecular flexibility index (Phi) is 18.1. The van der Waals surface area contributed by atoms with Crippen LogP contribution in [0.15, 0.2) is 35.7 Å². The lowest BCUT2D eigenvalue weighted by atomic mass is 10.1. The quantitative estimate of drug-likeness (QED) is 0.0445. The Morgan fingerprint density at radius 2 is 1.59 bits per heavy atom. The lowest BCUT2D eigenvalue weighted by Crippen LogP contribution is -2.03. The van der Waals surface area contributed by atoms with E-state index in [1.165, 1.54) is 64.2 Å². The van der Waals surface area contributed by atoms with Gasteiger partial charge in [-0.15, -0.1) is 11.8 Å². The number of unbranched alkanes of at least 4 members (excludes halogenated alkanes) is 10. The third-order valence-corrected chi connectivity index (χ3v) is 7.50. The number of nitrogens with zero attached hydrogens (tertiary/aromatic N) is 4. The van der Waals surface area contributed by atoms with Crippen molar-refractivity contribution >= 4 is 28.8 Å². The molecule has 8 heteroatoms. The zero-order valence-electron chi connectivity index (χ0n) is 24.5. The second-order valence-corrected chi connectivity index (χ2v) is 10.9. The van der Waals surface area contributed by atoms with Crippen LogP contribution in [-0.4, -0.2) is 44.7 Å². The van der Waals surface area contributed by atoms with Crippen molar-refractivity contribution in [3.63, 3.8) is 0 Å². The number of allylic oxidation sites excluding steroid dienone is 4. The molecule has 0 aliphatic heterocycles. The van der Waals surface area contributed by atoms with E-state index in [-0.39, 0.29) is 5.97 Å². The molecule has 39 heavy (non-hydrogen) atoms. The predicted molar refractivity (Wildman–Crippen MR) is 162 cm³/mol. The summed E-state index contributed by atoms with van der Waals surface area (Å²) in [5.41, 5.74) is 1.55. The lowest BCUT2D eigenvalue weighted by Gasteiger charge is -2.06. The Morgan fingerprint density at radius 1 is 0.872 bits per heavy atom. The van der Waals surface area contributed by atoms with Gasteiger partial charge in [-0.25, -0.2) is 14.6 Å². The van der Waals surface area contributed by atoms with Gasteiger partial charge in [0, 0.05) is 13.5 Å². The molecule has 2 aromatic rings. The summed E-state index contributed by atoms with van der Waals surface area (Å²) >= 11 is 1.65. The number of carbonyl (C=O) groups is 1. The maximum Gasteiger partial charge on any atom is 0.305 e. The molecular weight excluding hydrogens is 508 g/mol. The number of aryl methyl sites for hydroxylation is 1. The molecule has 7 nitrogen and oxygen atoms in total. The zero-order valence-corrected chi connectivity index (χ0v) is 25.4. The number of ether oxygens (including phenoxy) is 2. The SMILES string of the molecule is CCCCCC=CCC=CCCCCCCCCOc1c2ncnc(SCCCCC(=O)OCC)c2nn1C. The second-order valence-electron chi connectivity index (χ2n) is 9.85. The normalized spacial score (nSPS) is 11.8.